The van der Waals surface area contributed by atoms with Crippen molar-refractivity contribution in [2.24, 2.45) is 5.92 Å². The van der Waals surface area contributed by atoms with Crippen molar-refractivity contribution < 1.29 is 5.11 Å². The predicted molar refractivity (Wildman–Crippen MR) is 52.1 cm³/mol. The van der Waals surface area contributed by atoms with Crippen molar-refractivity contribution in [1.82, 2.24) is 0 Å². The molecule has 0 saturated heterocycles. The highest BCUT2D eigenvalue weighted by atomic mass is 16.3. The largest absolute Gasteiger partial charge is 0.393 e. The van der Waals surface area contributed by atoms with Gasteiger partial charge < -0.3 is 5.11 Å². The van der Waals surface area contributed by atoms with Gasteiger partial charge in [0.05, 0.1) is 6.10 Å². The zero-order valence-electron chi connectivity index (χ0n) is 8.26. The summed E-state index contributed by atoms with van der Waals surface area (Å²) >= 11 is 0. The average molecular weight is 170 g/mol. The van der Waals surface area contributed by atoms with Crippen LogP contribution in [0.5, 0.6) is 0 Å². The summed E-state index contributed by atoms with van der Waals surface area (Å²) in [6, 6.07) is 0. The summed E-state index contributed by atoms with van der Waals surface area (Å²) < 4.78 is 0. The van der Waals surface area contributed by atoms with Gasteiger partial charge in [0.1, 0.15) is 0 Å². The van der Waals surface area contributed by atoms with Gasteiger partial charge in [-0.3, -0.25) is 0 Å². The van der Waals surface area contributed by atoms with Gasteiger partial charge in [0.2, 0.25) is 0 Å². The molecule has 0 unspecified atom stereocenters. The van der Waals surface area contributed by atoms with Crippen LogP contribution in [0.4, 0.5) is 0 Å². The molecule has 0 heterocycles. The molecular formula is C11H22O. The molecule has 1 N–H and O–H groups in total. The fourth-order valence-corrected chi connectivity index (χ4v) is 2.17. The molecule has 0 amide bonds. The number of aliphatic hydroxyl groups is 1. The minimum absolute atomic E-state index is 0.0893. The minimum Gasteiger partial charge on any atom is -0.393 e. The van der Waals surface area contributed by atoms with Gasteiger partial charge in [-0.05, 0) is 19.3 Å². The third-order valence-corrected chi connectivity index (χ3v) is 2.96. The summed E-state index contributed by atoms with van der Waals surface area (Å²) in [5.74, 6) is 1.03. The van der Waals surface area contributed by atoms with Crippen LogP contribution in [0.15, 0.2) is 0 Å². The minimum atomic E-state index is -0.0893. The van der Waals surface area contributed by atoms with E-state index in [0.29, 0.717) is 0 Å². The molecule has 1 atom stereocenters. The Kier molecular flexibility index (Phi) is 4.67. The second-order valence-corrected chi connectivity index (χ2v) is 4.28. The summed E-state index contributed by atoms with van der Waals surface area (Å²) in [6.07, 6.45) is 10.7. The molecule has 0 aliphatic heterocycles. The molecule has 1 nitrogen and oxygen atoms in total. The van der Waals surface area contributed by atoms with Crippen molar-refractivity contribution >= 4 is 0 Å². The van der Waals surface area contributed by atoms with Gasteiger partial charge in [-0.25, -0.2) is 0 Å². The topological polar surface area (TPSA) is 20.2 Å². The zero-order chi connectivity index (χ0) is 8.81. The van der Waals surface area contributed by atoms with Crippen molar-refractivity contribution in [2.45, 2.75) is 64.4 Å². The van der Waals surface area contributed by atoms with E-state index < -0.39 is 0 Å². The Bertz CT molecular complexity index is 104. The van der Waals surface area contributed by atoms with E-state index in [1.165, 1.54) is 44.9 Å². The average Bonchev–Trinajstić information content (AvgIpc) is 2.49. The van der Waals surface area contributed by atoms with Crippen LogP contribution in [0, 0.1) is 5.92 Å². The molecule has 1 aliphatic rings. The number of hydrogen-bond acceptors (Lipinski definition) is 1. The summed E-state index contributed by atoms with van der Waals surface area (Å²) in [5, 5.41) is 9.04. The molecule has 0 aromatic rings. The first-order valence-electron chi connectivity index (χ1n) is 5.47. The van der Waals surface area contributed by atoms with Gasteiger partial charge in [-0.1, -0.05) is 44.9 Å². The van der Waals surface area contributed by atoms with E-state index in [2.05, 4.69) is 0 Å². The Balaban J connectivity index is 1.88. The highest BCUT2D eigenvalue weighted by Gasteiger charge is 2.13. The van der Waals surface area contributed by atoms with E-state index in [-0.39, 0.29) is 6.10 Å². The molecular weight excluding hydrogens is 148 g/mol. The first-order chi connectivity index (χ1) is 5.79. The van der Waals surface area contributed by atoms with Gasteiger partial charge in [0.25, 0.3) is 0 Å². The maximum atomic E-state index is 9.04. The Morgan fingerprint density at radius 3 is 2.50 bits per heavy atom. The highest BCUT2D eigenvalue weighted by Crippen LogP contribution is 2.29. The van der Waals surface area contributed by atoms with Crippen LogP contribution >= 0.6 is 0 Å². The molecule has 0 aromatic heterocycles. The van der Waals surface area contributed by atoms with Crippen LogP contribution in [-0.2, 0) is 0 Å². The number of unbranched alkanes of at least 4 members (excludes halogenated alkanes) is 1. The van der Waals surface area contributed by atoms with Gasteiger partial charge in [-0.2, -0.15) is 0 Å². The first kappa shape index (κ1) is 10.0. The van der Waals surface area contributed by atoms with Crippen LogP contribution in [0.1, 0.15) is 58.3 Å². The van der Waals surface area contributed by atoms with Crippen molar-refractivity contribution in [3.63, 3.8) is 0 Å². The fourth-order valence-electron chi connectivity index (χ4n) is 2.17. The summed E-state index contributed by atoms with van der Waals surface area (Å²) in [5.41, 5.74) is 0. The molecule has 1 heteroatoms. The van der Waals surface area contributed by atoms with Crippen LogP contribution < -0.4 is 0 Å². The molecule has 0 bridgehead atoms. The molecule has 0 aromatic carbocycles. The van der Waals surface area contributed by atoms with Crippen LogP contribution in [0.25, 0.3) is 0 Å². The maximum Gasteiger partial charge on any atom is 0.0512 e. The predicted octanol–water partition coefficient (Wildman–Crippen LogP) is 3.12. The van der Waals surface area contributed by atoms with Crippen molar-refractivity contribution in [3.05, 3.63) is 0 Å². The van der Waals surface area contributed by atoms with Crippen molar-refractivity contribution in [1.29, 1.82) is 0 Å². The Labute approximate surface area is 76.2 Å². The highest BCUT2D eigenvalue weighted by molar-refractivity contribution is 4.67. The molecule has 0 radical (unpaired) electrons. The lowest BCUT2D eigenvalue weighted by molar-refractivity contribution is 0.179. The molecule has 12 heavy (non-hydrogen) atoms. The molecule has 0 spiro atoms. The standard InChI is InChI=1S/C11H22O/c1-10(12)6-2-3-7-11-8-4-5-9-11/h10-12H,2-9H2,1H3/t10-/m1/s1. The van der Waals surface area contributed by atoms with Gasteiger partial charge >= 0.3 is 0 Å². The molecule has 1 saturated carbocycles. The number of hydrogen-bond donors (Lipinski definition) is 1. The SMILES string of the molecule is C[C@@H](O)CCCCC1CCCC1. The molecule has 1 fully saturated rings. The Morgan fingerprint density at radius 1 is 1.25 bits per heavy atom. The molecule has 1 rings (SSSR count). The van der Waals surface area contributed by atoms with Gasteiger partial charge in [-0.15, -0.1) is 0 Å². The summed E-state index contributed by atoms with van der Waals surface area (Å²) in [6.45, 7) is 1.88. The lowest BCUT2D eigenvalue weighted by Crippen LogP contribution is -1.99. The Hall–Kier alpha value is -0.0400. The van der Waals surface area contributed by atoms with E-state index in [0.717, 1.165) is 12.3 Å². The third-order valence-electron chi connectivity index (χ3n) is 2.96. The quantitative estimate of drug-likeness (QED) is 0.628. The van der Waals surface area contributed by atoms with Crippen LogP contribution in [0.2, 0.25) is 0 Å². The van der Waals surface area contributed by atoms with Gasteiger partial charge in [0.15, 0.2) is 0 Å². The lowest BCUT2D eigenvalue weighted by atomic mass is 9.99. The lowest BCUT2D eigenvalue weighted by Gasteiger charge is -2.08. The summed E-state index contributed by atoms with van der Waals surface area (Å²) in [4.78, 5) is 0. The van der Waals surface area contributed by atoms with E-state index in [1.807, 2.05) is 6.92 Å². The van der Waals surface area contributed by atoms with E-state index in [4.69, 9.17) is 5.11 Å². The smallest absolute Gasteiger partial charge is 0.0512 e. The summed E-state index contributed by atoms with van der Waals surface area (Å²) in [7, 11) is 0. The Morgan fingerprint density at radius 2 is 1.92 bits per heavy atom. The number of aliphatic hydroxyl groups excluding tert-OH is 1. The second kappa shape index (κ2) is 5.58. The van der Waals surface area contributed by atoms with Gasteiger partial charge in [0, 0.05) is 0 Å². The number of rotatable bonds is 5. The van der Waals surface area contributed by atoms with E-state index in [1.54, 1.807) is 0 Å². The van der Waals surface area contributed by atoms with Crippen LogP contribution in [-0.4, -0.2) is 11.2 Å². The molecule has 1 aliphatic carbocycles. The third kappa shape index (κ3) is 4.10. The fraction of sp³-hybridized carbons (Fsp3) is 1.00. The van der Waals surface area contributed by atoms with E-state index >= 15 is 0 Å². The van der Waals surface area contributed by atoms with E-state index in [9.17, 15) is 0 Å². The molecule has 72 valence electrons. The second-order valence-electron chi connectivity index (χ2n) is 4.28. The zero-order valence-corrected chi connectivity index (χ0v) is 8.26. The maximum absolute atomic E-state index is 9.04. The van der Waals surface area contributed by atoms with Crippen molar-refractivity contribution in [2.75, 3.05) is 0 Å². The monoisotopic (exact) mass is 170 g/mol. The first-order valence-corrected chi connectivity index (χ1v) is 5.47. The van der Waals surface area contributed by atoms with Crippen molar-refractivity contribution in [3.8, 4) is 0 Å². The normalized spacial score (nSPS) is 21.5. The van der Waals surface area contributed by atoms with Crippen LogP contribution in [0.3, 0.4) is 0 Å².